The van der Waals surface area contributed by atoms with Crippen LogP contribution in [-0.2, 0) is 24.4 Å². The van der Waals surface area contributed by atoms with Crippen molar-refractivity contribution in [2.45, 2.75) is 26.6 Å². The normalized spacial score (nSPS) is 11.1. The number of aromatic nitrogens is 2. The monoisotopic (exact) mass is 307 g/mol. The number of aromatic hydroxyl groups is 1. The van der Waals surface area contributed by atoms with Crippen LogP contribution in [0, 0.1) is 0 Å². The highest BCUT2D eigenvalue weighted by atomic mass is 16.5. The van der Waals surface area contributed by atoms with Crippen LogP contribution in [0.4, 0.5) is 0 Å². The number of benzene rings is 1. The van der Waals surface area contributed by atoms with Crippen molar-refractivity contribution in [3.05, 3.63) is 35.5 Å². The molecule has 0 saturated carbocycles. The molecular formula is C15H21N3O4. The van der Waals surface area contributed by atoms with Gasteiger partial charge in [0.15, 0.2) is 5.82 Å². The molecule has 0 unspecified atom stereocenters. The van der Waals surface area contributed by atoms with Crippen LogP contribution in [0.1, 0.15) is 24.2 Å². The molecule has 0 saturated heterocycles. The minimum atomic E-state index is 0.211. The maximum Gasteiger partial charge on any atom is 0.240 e. The Morgan fingerprint density at radius 3 is 2.77 bits per heavy atom. The van der Waals surface area contributed by atoms with Crippen molar-refractivity contribution in [1.29, 1.82) is 0 Å². The van der Waals surface area contributed by atoms with Crippen LogP contribution in [-0.4, -0.2) is 40.9 Å². The zero-order valence-electron chi connectivity index (χ0n) is 13.1. The van der Waals surface area contributed by atoms with E-state index in [2.05, 4.69) is 15.0 Å². The Bertz CT molecular complexity index is 600. The molecule has 0 atom stereocenters. The summed E-state index contributed by atoms with van der Waals surface area (Å²) in [7, 11) is 3.17. The average Bonchev–Trinajstić information content (AvgIpc) is 2.96. The molecular weight excluding hydrogens is 286 g/mol. The van der Waals surface area contributed by atoms with E-state index < -0.39 is 0 Å². The quantitative estimate of drug-likeness (QED) is 0.798. The Balaban J connectivity index is 2.09. The molecule has 0 fully saturated rings. The first-order chi connectivity index (χ1) is 10.7. The van der Waals surface area contributed by atoms with Gasteiger partial charge in [0.05, 0.1) is 13.7 Å². The number of rotatable bonds is 8. The zero-order chi connectivity index (χ0) is 15.9. The molecule has 1 N–H and O–H groups in total. The number of methoxy groups -OCH3 is 2. The topological polar surface area (TPSA) is 80.9 Å². The van der Waals surface area contributed by atoms with Crippen LogP contribution in [0.2, 0.25) is 0 Å². The Morgan fingerprint density at radius 2 is 2.09 bits per heavy atom. The number of hydrogen-bond donors (Lipinski definition) is 1. The fraction of sp³-hybridized carbons (Fsp3) is 0.467. The second kappa shape index (κ2) is 7.77. The van der Waals surface area contributed by atoms with E-state index in [4.69, 9.17) is 14.0 Å². The number of hydrogen-bond acceptors (Lipinski definition) is 7. The molecule has 1 heterocycles. The molecule has 2 rings (SSSR count). The minimum absolute atomic E-state index is 0.211. The molecule has 0 aliphatic heterocycles. The molecule has 7 nitrogen and oxygen atoms in total. The van der Waals surface area contributed by atoms with Crippen LogP contribution in [0.3, 0.4) is 0 Å². The largest absolute Gasteiger partial charge is 0.507 e. The van der Waals surface area contributed by atoms with Crippen molar-refractivity contribution in [3.8, 4) is 11.5 Å². The highest BCUT2D eigenvalue weighted by Gasteiger charge is 2.15. The van der Waals surface area contributed by atoms with Gasteiger partial charge in [0, 0.05) is 19.2 Å². The standard InChI is InChI=1S/C15H21N3O4/c1-4-18(9-15-16-14(10-20-2)17-22-15)8-11-12(19)6-5-7-13(11)21-3/h5-7,19H,4,8-10H2,1-3H3. The van der Waals surface area contributed by atoms with E-state index in [0.717, 1.165) is 12.1 Å². The first-order valence-corrected chi connectivity index (χ1v) is 7.05. The third-order valence-electron chi connectivity index (χ3n) is 3.30. The van der Waals surface area contributed by atoms with Gasteiger partial charge in [-0.15, -0.1) is 0 Å². The molecule has 0 spiro atoms. The molecule has 0 aliphatic carbocycles. The maximum absolute atomic E-state index is 10.0. The minimum Gasteiger partial charge on any atom is -0.507 e. The number of ether oxygens (including phenoxy) is 2. The van der Waals surface area contributed by atoms with Gasteiger partial charge in [-0.2, -0.15) is 4.98 Å². The second-order valence-corrected chi connectivity index (χ2v) is 4.80. The summed E-state index contributed by atoms with van der Waals surface area (Å²) in [6.45, 7) is 4.13. The van der Waals surface area contributed by atoms with Gasteiger partial charge in [-0.3, -0.25) is 4.90 Å². The fourth-order valence-electron chi connectivity index (χ4n) is 2.14. The Labute approximate surface area is 129 Å². The van der Waals surface area contributed by atoms with Gasteiger partial charge in [-0.25, -0.2) is 0 Å². The Hall–Kier alpha value is -2.12. The van der Waals surface area contributed by atoms with Gasteiger partial charge in [0.1, 0.15) is 18.1 Å². The molecule has 2 aromatic rings. The first-order valence-electron chi connectivity index (χ1n) is 7.05. The molecule has 0 amide bonds. The lowest BCUT2D eigenvalue weighted by Crippen LogP contribution is -2.23. The average molecular weight is 307 g/mol. The van der Waals surface area contributed by atoms with Crippen molar-refractivity contribution >= 4 is 0 Å². The van der Waals surface area contributed by atoms with Gasteiger partial charge in [-0.05, 0) is 18.7 Å². The lowest BCUT2D eigenvalue weighted by molar-refractivity contribution is 0.174. The lowest BCUT2D eigenvalue weighted by Gasteiger charge is -2.20. The van der Waals surface area contributed by atoms with Crippen molar-refractivity contribution in [1.82, 2.24) is 15.0 Å². The summed E-state index contributed by atoms with van der Waals surface area (Å²) in [5.41, 5.74) is 0.739. The van der Waals surface area contributed by atoms with E-state index in [-0.39, 0.29) is 5.75 Å². The van der Waals surface area contributed by atoms with E-state index in [1.54, 1.807) is 26.4 Å². The summed E-state index contributed by atoms with van der Waals surface area (Å²) >= 11 is 0. The van der Waals surface area contributed by atoms with Crippen molar-refractivity contribution in [2.24, 2.45) is 0 Å². The Morgan fingerprint density at radius 1 is 1.27 bits per heavy atom. The molecule has 1 aromatic carbocycles. The van der Waals surface area contributed by atoms with E-state index >= 15 is 0 Å². The summed E-state index contributed by atoms with van der Waals surface area (Å²) in [5.74, 6) is 1.91. The second-order valence-electron chi connectivity index (χ2n) is 4.80. The molecule has 7 heteroatoms. The summed E-state index contributed by atoms with van der Waals surface area (Å²) < 4.78 is 15.5. The lowest BCUT2D eigenvalue weighted by atomic mass is 10.1. The van der Waals surface area contributed by atoms with E-state index in [1.807, 2.05) is 13.0 Å². The molecule has 1 aromatic heterocycles. The summed E-state index contributed by atoms with van der Waals surface area (Å²) in [6, 6.07) is 5.23. The van der Waals surface area contributed by atoms with E-state index in [9.17, 15) is 5.11 Å². The zero-order valence-corrected chi connectivity index (χ0v) is 13.1. The SMILES string of the molecule is CCN(Cc1nc(COC)no1)Cc1c(O)cccc1OC. The van der Waals surface area contributed by atoms with Crippen LogP contribution in [0.25, 0.3) is 0 Å². The highest BCUT2D eigenvalue weighted by Crippen LogP contribution is 2.28. The third-order valence-corrected chi connectivity index (χ3v) is 3.30. The fourth-order valence-corrected chi connectivity index (χ4v) is 2.14. The molecule has 0 aliphatic rings. The molecule has 120 valence electrons. The van der Waals surface area contributed by atoms with Gasteiger partial charge >= 0.3 is 0 Å². The van der Waals surface area contributed by atoms with E-state index in [1.165, 1.54) is 0 Å². The summed E-state index contributed by atoms with van der Waals surface area (Å²) in [6.07, 6.45) is 0. The van der Waals surface area contributed by atoms with Crippen molar-refractivity contribution < 1.29 is 19.1 Å². The van der Waals surface area contributed by atoms with Gasteiger partial charge in [0.2, 0.25) is 5.89 Å². The first kappa shape index (κ1) is 16.3. The van der Waals surface area contributed by atoms with Crippen LogP contribution in [0.5, 0.6) is 11.5 Å². The summed E-state index contributed by atoms with van der Waals surface area (Å²) in [4.78, 5) is 6.33. The van der Waals surface area contributed by atoms with Crippen molar-refractivity contribution in [2.75, 3.05) is 20.8 Å². The smallest absolute Gasteiger partial charge is 0.240 e. The predicted molar refractivity (Wildman–Crippen MR) is 79.5 cm³/mol. The summed E-state index contributed by atoms with van der Waals surface area (Å²) in [5, 5.41) is 13.9. The Kier molecular flexibility index (Phi) is 5.74. The van der Waals surface area contributed by atoms with Gasteiger partial charge in [0.25, 0.3) is 0 Å². The molecule has 0 bridgehead atoms. The van der Waals surface area contributed by atoms with Crippen molar-refractivity contribution in [3.63, 3.8) is 0 Å². The number of phenolic OH excluding ortho intramolecular Hbond substituents is 1. The molecule has 22 heavy (non-hydrogen) atoms. The van der Waals surface area contributed by atoms with Crippen LogP contribution < -0.4 is 4.74 Å². The predicted octanol–water partition coefficient (Wildman–Crippen LogP) is 1.95. The highest BCUT2D eigenvalue weighted by molar-refractivity contribution is 5.43. The van der Waals surface area contributed by atoms with Gasteiger partial charge in [-0.1, -0.05) is 18.1 Å². The number of nitrogens with zero attached hydrogens (tertiary/aromatic N) is 3. The number of phenols is 1. The van der Waals surface area contributed by atoms with Crippen LogP contribution in [0.15, 0.2) is 22.7 Å². The van der Waals surface area contributed by atoms with Crippen LogP contribution >= 0.6 is 0 Å². The third kappa shape index (κ3) is 3.96. The molecule has 0 radical (unpaired) electrons. The van der Waals surface area contributed by atoms with E-state index in [0.29, 0.717) is 37.2 Å². The van der Waals surface area contributed by atoms with Gasteiger partial charge < -0.3 is 19.1 Å². The maximum atomic E-state index is 10.0.